The van der Waals surface area contributed by atoms with Crippen molar-refractivity contribution in [1.82, 2.24) is 9.97 Å². The van der Waals surface area contributed by atoms with Crippen molar-refractivity contribution in [3.63, 3.8) is 0 Å². The third-order valence-electron chi connectivity index (χ3n) is 3.43. The van der Waals surface area contributed by atoms with Gasteiger partial charge in [0.1, 0.15) is 0 Å². The average Bonchev–Trinajstić information content (AvgIpc) is 2.95. The van der Waals surface area contributed by atoms with Crippen molar-refractivity contribution < 1.29 is 0 Å². The summed E-state index contributed by atoms with van der Waals surface area (Å²) in [7, 11) is 2.10. The molecule has 0 saturated carbocycles. The number of benzene rings is 2. The first-order valence-electron chi connectivity index (χ1n) is 5.68. The molecule has 0 unspecified atom stereocenters. The highest BCUT2D eigenvalue weighted by molar-refractivity contribution is 6.14. The molecule has 3 aromatic rings. The molecule has 0 spiro atoms. The Kier molecular flexibility index (Phi) is 1.52. The zero-order chi connectivity index (χ0) is 11.4. The Bertz CT molecular complexity index is 729. The van der Waals surface area contributed by atoms with Gasteiger partial charge in [-0.1, -0.05) is 12.1 Å². The molecule has 4 rings (SSSR count). The lowest BCUT2D eigenvalue weighted by Gasteiger charge is -2.13. The monoisotopic (exact) mass is 224 g/mol. The van der Waals surface area contributed by atoms with Crippen LogP contribution < -0.4 is 10.2 Å². The van der Waals surface area contributed by atoms with Gasteiger partial charge in [0, 0.05) is 12.4 Å². The molecule has 1 aromatic heterocycles. The summed E-state index contributed by atoms with van der Waals surface area (Å²) in [4.78, 5) is 9.84. The third-order valence-corrected chi connectivity index (χ3v) is 3.43. The lowest BCUT2D eigenvalue weighted by molar-refractivity contribution is 1.04. The largest absolute Gasteiger partial charge is 0.366 e. The molecule has 0 radical (unpaired) electrons. The summed E-state index contributed by atoms with van der Waals surface area (Å²) in [6, 6.07) is 8.51. The lowest BCUT2D eigenvalue weighted by atomic mass is 10.1. The van der Waals surface area contributed by atoms with Crippen molar-refractivity contribution in [3.8, 4) is 0 Å². The number of nitrogens with zero attached hydrogens (tertiary/aromatic N) is 2. The number of hydrogen-bond donors (Lipinski definition) is 2. The highest BCUT2D eigenvalue weighted by Crippen LogP contribution is 2.40. The van der Waals surface area contributed by atoms with E-state index in [1.807, 2.05) is 0 Å². The van der Waals surface area contributed by atoms with E-state index < -0.39 is 0 Å². The van der Waals surface area contributed by atoms with Crippen molar-refractivity contribution in [2.75, 3.05) is 23.9 Å². The predicted octanol–water partition coefficient (Wildman–Crippen LogP) is 2.54. The van der Waals surface area contributed by atoms with Gasteiger partial charge in [0.05, 0.1) is 35.4 Å². The van der Waals surface area contributed by atoms with Crippen LogP contribution in [0.5, 0.6) is 0 Å². The Morgan fingerprint density at radius 2 is 2.12 bits per heavy atom. The van der Waals surface area contributed by atoms with Gasteiger partial charge in [-0.05, 0) is 17.5 Å². The summed E-state index contributed by atoms with van der Waals surface area (Å²) in [6.07, 6.45) is 1.76. The molecule has 0 saturated heterocycles. The quantitative estimate of drug-likeness (QED) is 0.616. The number of fused-ring (bicyclic) bond motifs is 5. The summed E-state index contributed by atoms with van der Waals surface area (Å²) in [6.45, 7) is 0.856. The number of anilines is 2. The molecular weight excluding hydrogens is 212 g/mol. The predicted molar refractivity (Wildman–Crippen MR) is 70.5 cm³/mol. The van der Waals surface area contributed by atoms with Crippen LogP contribution in [0.25, 0.3) is 21.8 Å². The molecule has 4 heteroatoms. The van der Waals surface area contributed by atoms with E-state index in [-0.39, 0.29) is 0 Å². The normalized spacial score (nSPS) is 14.3. The summed E-state index contributed by atoms with van der Waals surface area (Å²) in [5.41, 5.74) is 4.58. The minimum Gasteiger partial charge on any atom is -0.366 e. The van der Waals surface area contributed by atoms with Crippen molar-refractivity contribution in [3.05, 3.63) is 30.6 Å². The first-order valence-corrected chi connectivity index (χ1v) is 5.68. The standard InChI is InChI=1S/C13H12N4/c1-17-7-16-10-5-3-8-2-4-9-12(15-6-14-9)11(8)13(10)17/h2-6,16H,7H2,1H3,(H,14,15). The lowest BCUT2D eigenvalue weighted by Crippen LogP contribution is -2.16. The number of nitrogens with one attached hydrogen (secondary N) is 2. The molecule has 2 heterocycles. The first kappa shape index (κ1) is 8.87. The van der Waals surface area contributed by atoms with Gasteiger partial charge in [-0.3, -0.25) is 0 Å². The second-order valence-electron chi connectivity index (χ2n) is 4.46. The topological polar surface area (TPSA) is 44.0 Å². The molecule has 4 nitrogen and oxygen atoms in total. The minimum atomic E-state index is 0.856. The maximum atomic E-state index is 4.45. The summed E-state index contributed by atoms with van der Waals surface area (Å²) in [5, 5.41) is 5.85. The van der Waals surface area contributed by atoms with Crippen LogP contribution in [0.15, 0.2) is 30.6 Å². The maximum Gasteiger partial charge on any atom is 0.0982 e. The van der Waals surface area contributed by atoms with E-state index in [1.54, 1.807) is 6.33 Å². The van der Waals surface area contributed by atoms with Gasteiger partial charge in [0.2, 0.25) is 0 Å². The number of hydrogen-bond acceptors (Lipinski definition) is 3. The van der Waals surface area contributed by atoms with Crippen LogP contribution in [0.1, 0.15) is 0 Å². The molecule has 0 fully saturated rings. The molecule has 0 bridgehead atoms. The number of aromatic amines is 1. The van der Waals surface area contributed by atoms with Gasteiger partial charge < -0.3 is 15.2 Å². The van der Waals surface area contributed by atoms with Crippen LogP contribution in [0.2, 0.25) is 0 Å². The number of H-pyrrole nitrogens is 1. The van der Waals surface area contributed by atoms with E-state index in [4.69, 9.17) is 0 Å². The van der Waals surface area contributed by atoms with Crippen molar-refractivity contribution >= 4 is 33.2 Å². The van der Waals surface area contributed by atoms with E-state index >= 15 is 0 Å². The van der Waals surface area contributed by atoms with E-state index in [2.05, 4.69) is 51.5 Å². The molecule has 1 aliphatic heterocycles. The zero-order valence-corrected chi connectivity index (χ0v) is 9.49. The number of imidazole rings is 1. The number of rotatable bonds is 0. The Hall–Kier alpha value is -2.23. The van der Waals surface area contributed by atoms with Gasteiger partial charge in [0.25, 0.3) is 0 Å². The van der Waals surface area contributed by atoms with Crippen LogP contribution in [0.4, 0.5) is 11.4 Å². The van der Waals surface area contributed by atoms with Crippen LogP contribution in [-0.4, -0.2) is 23.7 Å². The van der Waals surface area contributed by atoms with Gasteiger partial charge >= 0.3 is 0 Å². The van der Waals surface area contributed by atoms with E-state index in [0.29, 0.717) is 0 Å². The molecule has 1 aliphatic rings. The second-order valence-corrected chi connectivity index (χ2v) is 4.46. The average molecular weight is 224 g/mol. The van der Waals surface area contributed by atoms with Crippen LogP contribution in [0.3, 0.4) is 0 Å². The molecular formula is C13H12N4. The van der Waals surface area contributed by atoms with Gasteiger partial charge in [-0.2, -0.15) is 0 Å². The van der Waals surface area contributed by atoms with E-state index in [9.17, 15) is 0 Å². The van der Waals surface area contributed by atoms with Crippen LogP contribution in [0, 0.1) is 0 Å². The second kappa shape index (κ2) is 2.91. The minimum absolute atomic E-state index is 0.856. The SMILES string of the molecule is CN1CNc2ccc3ccc4[nH]cnc4c3c21. The van der Waals surface area contributed by atoms with Gasteiger partial charge in [-0.15, -0.1) is 0 Å². The molecule has 2 N–H and O–H groups in total. The highest BCUT2D eigenvalue weighted by Gasteiger charge is 2.19. The summed E-state index contributed by atoms with van der Waals surface area (Å²) < 4.78 is 0. The Labute approximate surface area is 98.3 Å². The van der Waals surface area contributed by atoms with Crippen molar-refractivity contribution in [2.45, 2.75) is 0 Å². The van der Waals surface area contributed by atoms with Gasteiger partial charge in [-0.25, -0.2) is 4.98 Å². The maximum absolute atomic E-state index is 4.45. The Balaban J connectivity index is 2.27. The fourth-order valence-electron chi connectivity index (χ4n) is 2.62. The molecule has 0 atom stereocenters. The van der Waals surface area contributed by atoms with Crippen molar-refractivity contribution in [2.24, 2.45) is 0 Å². The highest BCUT2D eigenvalue weighted by atomic mass is 15.3. The summed E-state index contributed by atoms with van der Waals surface area (Å²) >= 11 is 0. The smallest absolute Gasteiger partial charge is 0.0982 e. The molecule has 0 aliphatic carbocycles. The number of aromatic nitrogens is 2. The molecule has 17 heavy (non-hydrogen) atoms. The van der Waals surface area contributed by atoms with E-state index in [0.717, 1.165) is 17.7 Å². The Morgan fingerprint density at radius 3 is 3.06 bits per heavy atom. The molecule has 0 amide bonds. The van der Waals surface area contributed by atoms with Crippen LogP contribution in [-0.2, 0) is 0 Å². The van der Waals surface area contributed by atoms with Gasteiger partial charge in [0.15, 0.2) is 0 Å². The molecule has 84 valence electrons. The molecule has 2 aromatic carbocycles. The summed E-state index contributed by atoms with van der Waals surface area (Å²) in [5.74, 6) is 0. The zero-order valence-electron chi connectivity index (χ0n) is 9.49. The van der Waals surface area contributed by atoms with Crippen LogP contribution >= 0.6 is 0 Å². The third kappa shape index (κ3) is 1.04. The fourth-order valence-corrected chi connectivity index (χ4v) is 2.62. The Morgan fingerprint density at radius 1 is 1.24 bits per heavy atom. The first-order chi connectivity index (χ1) is 8.34. The van der Waals surface area contributed by atoms with E-state index in [1.165, 1.54) is 22.1 Å². The fraction of sp³-hybridized carbons (Fsp3) is 0.154. The van der Waals surface area contributed by atoms with Crippen molar-refractivity contribution in [1.29, 1.82) is 0 Å².